The lowest BCUT2D eigenvalue weighted by Gasteiger charge is -2.31. The van der Waals surface area contributed by atoms with E-state index in [4.69, 9.17) is 14.8 Å². The van der Waals surface area contributed by atoms with Crippen molar-refractivity contribution >= 4 is 11.8 Å². The summed E-state index contributed by atoms with van der Waals surface area (Å²) < 4.78 is 7.62. The van der Waals surface area contributed by atoms with E-state index in [1.807, 2.05) is 11.8 Å². The van der Waals surface area contributed by atoms with Crippen LogP contribution in [0.4, 0.5) is 0 Å². The van der Waals surface area contributed by atoms with Crippen molar-refractivity contribution in [1.29, 1.82) is 0 Å². The Bertz CT molecular complexity index is 640. The van der Waals surface area contributed by atoms with E-state index >= 15 is 0 Å². The number of nitrogens with zero attached hydrogens (tertiary/aromatic N) is 4. The molecule has 1 fully saturated rings. The van der Waals surface area contributed by atoms with E-state index in [1.54, 1.807) is 0 Å². The van der Waals surface area contributed by atoms with E-state index in [-0.39, 0.29) is 6.04 Å². The molecule has 1 aliphatic rings. The summed E-state index contributed by atoms with van der Waals surface area (Å²) in [5, 5.41) is 4.81. The van der Waals surface area contributed by atoms with Gasteiger partial charge < -0.3 is 4.74 Å². The molecule has 1 atom stereocenters. The number of hydrogen-bond donors (Lipinski definition) is 0. The van der Waals surface area contributed by atoms with Gasteiger partial charge in [0.25, 0.3) is 0 Å². The molecule has 1 aliphatic heterocycles. The van der Waals surface area contributed by atoms with Gasteiger partial charge in [0.1, 0.15) is 5.82 Å². The number of hydrogen-bond acceptors (Lipinski definition) is 5. The molecule has 3 rings (SSSR count). The largest absolute Gasteiger partial charge is 0.379 e. The van der Waals surface area contributed by atoms with Crippen molar-refractivity contribution in [2.45, 2.75) is 32.4 Å². The highest BCUT2D eigenvalue weighted by molar-refractivity contribution is 7.98. The average molecular weight is 361 g/mol. The maximum absolute atomic E-state index is 5.49. The van der Waals surface area contributed by atoms with Gasteiger partial charge in [0.15, 0.2) is 5.82 Å². The number of aryl methyl sites for hydroxylation is 3. The van der Waals surface area contributed by atoms with Gasteiger partial charge in [-0.05, 0) is 25.2 Å². The Morgan fingerprint density at radius 1 is 1.16 bits per heavy atom. The number of ether oxygens (including phenoxy) is 1. The van der Waals surface area contributed by atoms with Crippen molar-refractivity contribution < 1.29 is 4.74 Å². The molecule has 2 heterocycles. The van der Waals surface area contributed by atoms with Crippen LogP contribution in [0.5, 0.6) is 0 Å². The minimum Gasteiger partial charge on any atom is -0.379 e. The number of rotatable bonds is 8. The highest BCUT2D eigenvalue weighted by atomic mass is 32.2. The Labute approximate surface area is 154 Å². The fourth-order valence-electron chi connectivity index (χ4n) is 3.18. The fraction of sp³-hybridized carbons (Fsp3) is 0.579. The first-order chi connectivity index (χ1) is 12.3. The first-order valence-corrected chi connectivity index (χ1v) is 10.5. The van der Waals surface area contributed by atoms with Crippen LogP contribution in [0.25, 0.3) is 0 Å². The lowest BCUT2D eigenvalue weighted by atomic mass is 10.1. The molecule has 25 heavy (non-hydrogen) atoms. The molecule has 0 N–H and O–H groups in total. The summed E-state index contributed by atoms with van der Waals surface area (Å²) in [5.74, 6) is 3.13. The third-order valence-corrected chi connectivity index (χ3v) is 5.31. The van der Waals surface area contributed by atoms with E-state index in [0.29, 0.717) is 0 Å². The molecule has 1 saturated heterocycles. The van der Waals surface area contributed by atoms with Gasteiger partial charge in [-0.25, -0.2) is 9.67 Å². The van der Waals surface area contributed by atoms with E-state index in [9.17, 15) is 0 Å². The third-order valence-electron chi connectivity index (χ3n) is 4.70. The van der Waals surface area contributed by atoms with Crippen LogP contribution in [0, 0.1) is 0 Å². The summed E-state index contributed by atoms with van der Waals surface area (Å²) in [4.78, 5) is 7.34. The zero-order valence-electron chi connectivity index (χ0n) is 15.2. The SMILES string of the molecule is CSCCc1nc(C(C)N2CCOCC2)n(CCc2ccccc2)n1. The van der Waals surface area contributed by atoms with Crippen molar-refractivity contribution in [2.75, 3.05) is 38.3 Å². The minimum atomic E-state index is 0.273. The van der Waals surface area contributed by atoms with Gasteiger partial charge in [0, 0.05) is 31.8 Å². The quantitative estimate of drug-likeness (QED) is 0.724. The molecule has 0 amide bonds. The Kier molecular flexibility index (Phi) is 6.90. The lowest BCUT2D eigenvalue weighted by molar-refractivity contribution is 0.0173. The standard InChI is InChI=1S/C19H28N4OS/c1-16(22-11-13-24-14-12-22)19-20-18(9-15-25-2)21-23(19)10-8-17-6-4-3-5-7-17/h3-7,16H,8-15H2,1-2H3. The molecule has 0 bridgehead atoms. The average Bonchev–Trinajstić information content (AvgIpc) is 3.08. The molecule has 6 heteroatoms. The van der Waals surface area contributed by atoms with Crippen molar-refractivity contribution in [3.05, 3.63) is 47.5 Å². The summed E-state index contributed by atoms with van der Waals surface area (Å²) in [6, 6.07) is 10.9. The Morgan fingerprint density at radius 2 is 1.92 bits per heavy atom. The summed E-state index contributed by atoms with van der Waals surface area (Å²) >= 11 is 1.84. The van der Waals surface area contributed by atoms with E-state index < -0.39 is 0 Å². The normalized spacial score (nSPS) is 16.9. The van der Waals surface area contributed by atoms with Crippen LogP contribution in [0.15, 0.2) is 30.3 Å². The monoisotopic (exact) mass is 360 g/mol. The highest BCUT2D eigenvalue weighted by Crippen LogP contribution is 2.20. The maximum Gasteiger partial charge on any atom is 0.151 e. The van der Waals surface area contributed by atoms with Crippen LogP contribution >= 0.6 is 11.8 Å². The summed E-state index contributed by atoms with van der Waals surface area (Å²) in [7, 11) is 0. The van der Waals surface area contributed by atoms with Crippen LogP contribution in [-0.4, -0.2) is 58.0 Å². The minimum absolute atomic E-state index is 0.273. The van der Waals surface area contributed by atoms with Crippen LogP contribution in [-0.2, 0) is 24.1 Å². The predicted molar refractivity (Wildman–Crippen MR) is 103 cm³/mol. The van der Waals surface area contributed by atoms with Gasteiger partial charge in [0.05, 0.1) is 19.3 Å². The number of thioether (sulfide) groups is 1. The number of aromatic nitrogens is 3. The van der Waals surface area contributed by atoms with E-state index in [2.05, 4.69) is 53.1 Å². The van der Waals surface area contributed by atoms with Crippen molar-refractivity contribution in [1.82, 2.24) is 19.7 Å². The Balaban J connectivity index is 1.75. The second kappa shape index (κ2) is 9.36. The summed E-state index contributed by atoms with van der Waals surface area (Å²) in [5.41, 5.74) is 1.34. The highest BCUT2D eigenvalue weighted by Gasteiger charge is 2.24. The number of benzene rings is 1. The van der Waals surface area contributed by atoms with Gasteiger partial charge in [0.2, 0.25) is 0 Å². The zero-order chi connectivity index (χ0) is 17.5. The lowest BCUT2D eigenvalue weighted by Crippen LogP contribution is -2.39. The van der Waals surface area contributed by atoms with Gasteiger partial charge in [-0.1, -0.05) is 30.3 Å². The van der Waals surface area contributed by atoms with Gasteiger partial charge in [-0.15, -0.1) is 0 Å². The van der Waals surface area contributed by atoms with Crippen LogP contribution in [0.3, 0.4) is 0 Å². The van der Waals surface area contributed by atoms with Crippen LogP contribution < -0.4 is 0 Å². The zero-order valence-corrected chi connectivity index (χ0v) is 16.0. The van der Waals surface area contributed by atoms with Crippen molar-refractivity contribution in [3.8, 4) is 0 Å². The van der Waals surface area contributed by atoms with Crippen LogP contribution in [0.1, 0.15) is 30.2 Å². The van der Waals surface area contributed by atoms with Gasteiger partial charge in [-0.2, -0.15) is 16.9 Å². The first-order valence-electron chi connectivity index (χ1n) is 9.06. The molecule has 5 nitrogen and oxygen atoms in total. The second-order valence-corrected chi connectivity index (χ2v) is 7.40. The Morgan fingerprint density at radius 3 is 2.64 bits per heavy atom. The van der Waals surface area contributed by atoms with Crippen molar-refractivity contribution in [3.63, 3.8) is 0 Å². The summed E-state index contributed by atoms with van der Waals surface area (Å²) in [6.07, 6.45) is 4.04. The van der Waals surface area contributed by atoms with Gasteiger partial charge >= 0.3 is 0 Å². The smallest absolute Gasteiger partial charge is 0.151 e. The molecule has 0 radical (unpaired) electrons. The molecule has 2 aromatic rings. The fourth-order valence-corrected chi connectivity index (χ4v) is 3.57. The number of morpholine rings is 1. The molecule has 136 valence electrons. The summed E-state index contributed by atoms with van der Waals surface area (Å²) in [6.45, 7) is 6.66. The molecule has 1 aromatic carbocycles. The molecule has 1 unspecified atom stereocenters. The molecule has 0 saturated carbocycles. The topological polar surface area (TPSA) is 43.2 Å². The molecule has 1 aromatic heterocycles. The van der Waals surface area contributed by atoms with E-state index in [1.165, 1.54) is 5.56 Å². The van der Waals surface area contributed by atoms with Crippen LogP contribution in [0.2, 0.25) is 0 Å². The maximum atomic E-state index is 5.49. The first kappa shape index (κ1) is 18.4. The molecule has 0 spiro atoms. The van der Waals surface area contributed by atoms with E-state index in [0.717, 1.165) is 63.1 Å². The third kappa shape index (κ3) is 5.06. The predicted octanol–water partition coefficient (Wildman–Crippen LogP) is 2.82. The molecular weight excluding hydrogens is 332 g/mol. The van der Waals surface area contributed by atoms with Crippen molar-refractivity contribution in [2.24, 2.45) is 0 Å². The molecule has 0 aliphatic carbocycles. The molecular formula is C19H28N4OS. The second-order valence-electron chi connectivity index (χ2n) is 6.41. The Hall–Kier alpha value is -1.37. The van der Waals surface area contributed by atoms with Gasteiger partial charge in [-0.3, -0.25) is 4.90 Å².